The molecular formula is C20H24FN5O. The van der Waals surface area contributed by atoms with Gasteiger partial charge in [0.25, 0.3) is 0 Å². The van der Waals surface area contributed by atoms with Gasteiger partial charge < -0.3 is 4.52 Å². The van der Waals surface area contributed by atoms with Gasteiger partial charge >= 0.3 is 0 Å². The van der Waals surface area contributed by atoms with Crippen molar-refractivity contribution in [2.24, 2.45) is 0 Å². The molecule has 0 spiro atoms. The largest absolute Gasteiger partial charge is 0.340 e. The van der Waals surface area contributed by atoms with Crippen molar-refractivity contribution in [1.29, 1.82) is 0 Å². The lowest BCUT2D eigenvalue weighted by Crippen LogP contribution is -2.34. The zero-order valence-corrected chi connectivity index (χ0v) is 15.9. The molecule has 0 amide bonds. The highest BCUT2D eigenvalue weighted by Gasteiger charge is 2.26. The van der Waals surface area contributed by atoms with Gasteiger partial charge in [0.1, 0.15) is 5.82 Å². The molecular weight excluding hydrogens is 345 g/mol. The monoisotopic (exact) mass is 369 g/mol. The maximum absolute atomic E-state index is 14.0. The highest BCUT2D eigenvalue weighted by atomic mass is 19.1. The summed E-state index contributed by atoms with van der Waals surface area (Å²) in [6, 6.07) is 6.96. The third-order valence-corrected chi connectivity index (χ3v) is 5.09. The second-order valence-corrected chi connectivity index (χ2v) is 7.36. The number of likely N-dealkylation sites (tertiary alicyclic amines) is 1. The van der Waals surface area contributed by atoms with Gasteiger partial charge in [-0.15, -0.1) is 0 Å². The van der Waals surface area contributed by atoms with Crippen LogP contribution in [0.2, 0.25) is 0 Å². The molecule has 1 fully saturated rings. The molecule has 0 radical (unpaired) electrons. The fraction of sp³-hybridized carbons (Fsp3) is 0.450. The predicted octanol–water partition coefficient (Wildman–Crippen LogP) is 3.70. The van der Waals surface area contributed by atoms with E-state index in [-0.39, 0.29) is 11.7 Å². The zero-order chi connectivity index (χ0) is 19.0. The predicted molar refractivity (Wildman–Crippen MR) is 99.3 cm³/mol. The van der Waals surface area contributed by atoms with E-state index in [1.165, 1.54) is 6.07 Å². The normalized spacial score (nSPS) is 18.1. The Hall–Kier alpha value is -2.54. The third kappa shape index (κ3) is 3.78. The van der Waals surface area contributed by atoms with Crippen LogP contribution in [-0.2, 0) is 6.54 Å². The van der Waals surface area contributed by atoms with E-state index in [0.717, 1.165) is 54.4 Å². The first-order valence-corrected chi connectivity index (χ1v) is 9.34. The summed E-state index contributed by atoms with van der Waals surface area (Å²) in [5.74, 6) is 1.40. The van der Waals surface area contributed by atoms with Crippen LogP contribution in [0, 0.1) is 26.6 Å². The Morgan fingerprint density at radius 2 is 2.07 bits per heavy atom. The number of hydrogen-bond acceptors (Lipinski definition) is 5. The first-order chi connectivity index (χ1) is 13.0. The van der Waals surface area contributed by atoms with Crippen LogP contribution in [0.1, 0.15) is 47.4 Å². The smallest absolute Gasteiger partial charge is 0.223 e. The fourth-order valence-corrected chi connectivity index (χ4v) is 3.89. The number of halogens is 1. The van der Waals surface area contributed by atoms with Crippen LogP contribution in [0.15, 0.2) is 28.8 Å². The maximum Gasteiger partial charge on any atom is 0.223 e. The summed E-state index contributed by atoms with van der Waals surface area (Å²) in [7, 11) is 0. The van der Waals surface area contributed by atoms with E-state index in [0.29, 0.717) is 12.4 Å². The lowest BCUT2D eigenvalue weighted by Gasteiger charge is -2.31. The van der Waals surface area contributed by atoms with Crippen LogP contribution in [0.25, 0.3) is 5.69 Å². The highest BCUT2D eigenvalue weighted by Crippen LogP contribution is 2.27. The van der Waals surface area contributed by atoms with Gasteiger partial charge in [-0.3, -0.25) is 4.90 Å². The summed E-state index contributed by atoms with van der Waals surface area (Å²) < 4.78 is 21.0. The highest BCUT2D eigenvalue weighted by molar-refractivity contribution is 5.42. The van der Waals surface area contributed by atoms with Gasteiger partial charge in [0, 0.05) is 31.6 Å². The molecule has 27 heavy (non-hydrogen) atoms. The summed E-state index contributed by atoms with van der Waals surface area (Å²) >= 11 is 0. The summed E-state index contributed by atoms with van der Waals surface area (Å²) in [5, 5.41) is 8.66. The number of hydrogen-bond donors (Lipinski definition) is 0. The molecule has 0 aliphatic carbocycles. The Kier molecular flexibility index (Phi) is 4.78. The van der Waals surface area contributed by atoms with Gasteiger partial charge in [-0.2, -0.15) is 10.1 Å². The SMILES string of the molecule is Cc1cc(C)n(-c2ccc(F)cc2CN2CCC[C@@H](c3noc(C)n3)C2)n1. The molecule has 0 N–H and O–H groups in total. The fourth-order valence-electron chi connectivity index (χ4n) is 3.89. The molecule has 4 rings (SSSR count). The Labute approximate surface area is 158 Å². The van der Waals surface area contributed by atoms with Crippen LogP contribution in [-0.4, -0.2) is 37.9 Å². The quantitative estimate of drug-likeness (QED) is 0.702. The molecule has 6 nitrogen and oxygen atoms in total. The number of benzene rings is 1. The summed E-state index contributed by atoms with van der Waals surface area (Å²) in [5.41, 5.74) is 3.86. The minimum Gasteiger partial charge on any atom is -0.340 e. The lowest BCUT2D eigenvalue weighted by atomic mass is 9.96. The van der Waals surface area contributed by atoms with Crippen LogP contribution in [0.3, 0.4) is 0 Å². The molecule has 1 aromatic carbocycles. The van der Waals surface area contributed by atoms with E-state index >= 15 is 0 Å². The molecule has 7 heteroatoms. The topological polar surface area (TPSA) is 60.0 Å². The van der Waals surface area contributed by atoms with E-state index in [1.807, 2.05) is 37.6 Å². The second-order valence-electron chi connectivity index (χ2n) is 7.36. The van der Waals surface area contributed by atoms with E-state index in [1.54, 1.807) is 6.07 Å². The van der Waals surface area contributed by atoms with E-state index in [9.17, 15) is 4.39 Å². The van der Waals surface area contributed by atoms with Crippen LogP contribution in [0.4, 0.5) is 4.39 Å². The van der Waals surface area contributed by atoms with Gasteiger partial charge in [-0.25, -0.2) is 9.07 Å². The lowest BCUT2D eigenvalue weighted by molar-refractivity contribution is 0.194. The van der Waals surface area contributed by atoms with E-state index in [4.69, 9.17) is 4.52 Å². The molecule has 0 bridgehead atoms. The van der Waals surface area contributed by atoms with Crippen molar-refractivity contribution in [3.8, 4) is 5.69 Å². The average molecular weight is 369 g/mol. The Balaban J connectivity index is 1.58. The molecule has 1 aliphatic heterocycles. The summed E-state index contributed by atoms with van der Waals surface area (Å²) in [6.07, 6.45) is 2.10. The molecule has 1 aliphatic rings. The first-order valence-electron chi connectivity index (χ1n) is 9.34. The Morgan fingerprint density at radius 1 is 1.22 bits per heavy atom. The standard InChI is InChI=1S/C20H24FN5O/c1-13-9-14(2)26(23-13)19-7-6-18(21)10-17(19)12-25-8-4-5-16(11-25)20-22-15(3)27-24-20/h6-7,9-10,16H,4-5,8,11-12H2,1-3H3/t16-/m1/s1. The van der Waals surface area contributed by atoms with Gasteiger partial charge in [-0.05, 0) is 63.1 Å². The van der Waals surface area contributed by atoms with Gasteiger partial charge in [-0.1, -0.05) is 5.16 Å². The minimum absolute atomic E-state index is 0.224. The van der Waals surface area contributed by atoms with E-state index in [2.05, 4.69) is 20.1 Å². The van der Waals surface area contributed by atoms with Crippen LogP contribution < -0.4 is 0 Å². The molecule has 0 saturated carbocycles. The molecule has 142 valence electrons. The number of aryl methyl sites for hydroxylation is 3. The van der Waals surface area contributed by atoms with Crippen molar-refractivity contribution in [3.05, 3.63) is 58.7 Å². The van der Waals surface area contributed by atoms with Crippen molar-refractivity contribution in [2.45, 2.75) is 46.1 Å². The van der Waals surface area contributed by atoms with Gasteiger partial charge in [0.2, 0.25) is 5.89 Å². The van der Waals surface area contributed by atoms with E-state index < -0.39 is 0 Å². The van der Waals surface area contributed by atoms with Gasteiger partial charge in [0.15, 0.2) is 5.82 Å². The third-order valence-electron chi connectivity index (χ3n) is 5.09. The summed E-state index contributed by atoms with van der Waals surface area (Å²) in [4.78, 5) is 6.73. The van der Waals surface area contributed by atoms with Crippen molar-refractivity contribution >= 4 is 0 Å². The summed E-state index contributed by atoms with van der Waals surface area (Å²) in [6.45, 7) is 8.27. The number of rotatable bonds is 4. The van der Waals surface area contributed by atoms with Crippen LogP contribution in [0.5, 0.6) is 0 Å². The molecule has 0 unspecified atom stereocenters. The molecule has 2 aromatic heterocycles. The van der Waals surface area contributed by atoms with Crippen LogP contribution >= 0.6 is 0 Å². The number of aromatic nitrogens is 4. The molecule has 1 atom stereocenters. The van der Waals surface area contributed by atoms with Crippen molar-refractivity contribution in [1.82, 2.24) is 24.8 Å². The van der Waals surface area contributed by atoms with Crippen molar-refractivity contribution < 1.29 is 8.91 Å². The maximum atomic E-state index is 14.0. The van der Waals surface area contributed by atoms with Crippen molar-refractivity contribution in [2.75, 3.05) is 13.1 Å². The molecule has 3 aromatic rings. The second kappa shape index (κ2) is 7.23. The first kappa shape index (κ1) is 17.9. The Bertz CT molecular complexity index is 948. The molecule has 1 saturated heterocycles. The molecule has 3 heterocycles. The number of piperidine rings is 1. The zero-order valence-electron chi connectivity index (χ0n) is 15.9. The van der Waals surface area contributed by atoms with Crippen molar-refractivity contribution in [3.63, 3.8) is 0 Å². The number of nitrogens with zero attached hydrogens (tertiary/aromatic N) is 5. The minimum atomic E-state index is -0.224. The van der Waals surface area contributed by atoms with Gasteiger partial charge in [0.05, 0.1) is 11.4 Å². The average Bonchev–Trinajstić information content (AvgIpc) is 3.20. The Morgan fingerprint density at radius 3 is 2.78 bits per heavy atom.